The number of rotatable bonds is 5. The van der Waals surface area contributed by atoms with Gasteiger partial charge in [-0.15, -0.1) is 0 Å². The average Bonchev–Trinajstić information content (AvgIpc) is 2.64. The van der Waals surface area contributed by atoms with Gasteiger partial charge in [-0.2, -0.15) is 0 Å². The molecule has 4 nitrogen and oxygen atoms in total. The van der Waals surface area contributed by atoms with Gasteiger partial charge in [0.1, 0.15) is 0 Å². The fourth-order valence-corrected chi connectivity index (χ4v) is 2.64. The molecule has 98 valence electrons. The summed E-state index contributed by atoms with van der Waals surface area (Å²) in [4.78, 5) is 4.41. The minimum absolute atomic E-state index is 0.242. The van der Waals surface area contributed by atoms with Crippen molar-refractivity contribution in [2.75, 3.05) is 19.5 Å². The number of fused-ring (bicyclic) bond motifs is 1. The van der Waals surface area contributed by atoms with Gasteiger partial charge in [0.05, 0.1) is 23.7 Å². The first-order chi connectivity index (χ1) is 8.67. The molecule has 2 N–H and O–H groups in total. The van der Waals surface area contributed by atoms with Crippen molar-refractivity contribution >= 4 is 32.9 Å². The Hall–Kier alpha value is -1.07. The minimum Gasteiger partial charge on any atom is -0.383 e. The number of hydrogen-bond donors (Lipinski definition) is 1. The molecule has 0 aliphatic rings. The summed E-state index contributed by atoms with van der Waals surface area (Å²) >= 11 is 3.45. The number of methoxy groups -OCH3 is 1. The Morgan fingerprint density at radius 2 is 2.28 bits per heavy atom. The van der Waals surface area contributed by atoms with E-state index in [1.807, 2.05) is 18.2 Å². The van der Waals surface area contributed by atoms with Crippen LogP contribution in [0.2, 0.25) is 0 Å². The highest BCUT2D eigenvalue weighted by molar-refractivity contribution is 9.10. The number of nitrogens with zero attached hydrogens (tertiary/aromatic N) is 2. The molecular formula is C13H18BrN3O. The van der Waals surface area contributed by atoms with Gasteiger partial charge >= 0.3 is 0 Å². The monoisotopic (exact) mass is 311 g/mol. The summed E-state index contributed by atoms with van der Waals surface area (Å²) in [6, 6.07) is 6.28. The molecule has 0 fully saturated rings. The number of anilines is 1. The largest absolute Gasteiger partial charge is 0.383 e. The second kappa shape index (κ2) is 5.71. The zero-order chi connectivity index (χ0) is 13.1. The predicted molar refractivity (Wildman–Crippen MR) is 77.7 cm³/mol. The molecule has 5 heteroatoms. The van der Waals surface area contributed by atoms with E-state index in [0.717, 1.165) is 28.3 Å². The quantitative estimate of drug-likeness (QED) is 0.921. The molecule has 1 heterocycles. The molecule has 1 unspecified atom stereocenters. The topological polar surface area (TPSA) is 53.1 Å². The molecule has 0 aliphatic carbocycles. The summed E-state index contributed by atoms with van der Waals surface area (Å²) in [5.41, 5.74) is 8.02. The molecule has 0 aliphatic heterocycles. The SMILES string of the molecule is CCCC(COC)n1c(N)nc2cc(Br)ccc21. The van der Waals surface area contributed by atoms with Crippen LogP contribution in [0.15, 0.2) is 22.7 Å². The van der Waals surface area contributed by atoms with Crippen LogP contribution in [0.4, 0.5) is 5.95 Å². The molecule has 1 aromatic heterocycles. The third kappa shape index (κ3) is 2.52. The van der Waals surface area contributed by atoms with E-state index in [1.165, 1.54) is 0 Å². The van der Waals surface area contributed by atoms with Crippen LogP contribution >= 0.6 is 15.9 Å². The molecule has 2 rings (SSSR count). The van der Waals surface area contributed by atoms with E-state index in [-0.39, 0.29) is 6.04 Å². The number of halogens is 1. The second-order valence-corrected chi connectivity index (χ2v) is 5.29. The number of benzene rings is 1. The van der Waals surface area contributed by atoms with Gasteiger partial charge in [0.15, 0.2) is 0 Å². The number of hydrogen-bond acceptors (Lipinski definition) is 3. The Morgan fingerprint density at radius 3 is 2.94 bits per heavy atom. The van der Waals surface area contributed by atoms with E-state index in [0.29, 0.717) is 12.6 Å². The van der Waals surface area contributed by atoms with Crippen molar-refractivity contribution in [3.63, 3.8) is 0 Å². The fourth-order valence-electron chi connectivity index (χ4n) is 2.29. The van der Waals surface area contributed by atoms with Gasteiger partial charge in [0.25, 0.3) is 0 Å². The van der Waals surface area contributed by atoms with Crippen molar-refractivity contribution in [1.29, 1.82) is 0 Å². The first-order valence-electron chi connectivity index (χ1n) is 6.09. The van der Waals surface area contributed by atoms with Crippen molar-refractivity contribution < 1.29 is 4.74 Å². The van der Waals surface area contributed by atoms with Gasteiger partial charge in [-0.05, 0) is 24.6 Å². The molecule has 0 bridgehead atoms. The van der Waals surface area contributed by atoms with Crippen molar-refractivity contribution in [3.05, 3.63) is 22.7 Å². The van der Waals surface area contributed by atoms with Crippen LogP contribution in [0.1, 0.15) is 25.8 Å². The number of imidazole rings is 1. The van der Waals surface area contributed by atoms with E-state index in [9.17, 15) is 0 Å². The van der Waals surface area contributed by atoms with E-state index < -0.39 is 0 Å². The van der Waals surface area contributed by atoms with E-state index in [2.05, 4.69) is 32.4 Å². The van der Waals surface area contributed by atoms with E-state index >= 15 is 0 Å². The molecule has 1 aromatic carbocycles. The lowest BCUT2D eigenvalue weighted by Gasteiger charge is -2.19. The summed E-state index contributed by atoms with van der Waals surface area (Å²) < 4.78 is 8.39. The van der Waals surface area contributed by atoms with E-state index in [4.69, 9.17) is 10.5 Å². The normalized spacial score (nSPS) is 13.1. The Balaban J connectivity index is 2.50. The average molecular weight is 312 g/mol. The van der Waals surface area contributed by atoms with Crippen LogP contribution in [0.25, 0.3) is 11.0 Å². The Bertz CT molecular complexity index is 532. The van der Waals surface area contributed by atoms with Crippen LogP contribution in [0.3, 0.4) is 0 Å². The first kappa shape index (κ1) is 13.4. The molecule has 1 atom stereocenters. The van der Waals surface area contributed by atoms with Gasteiger partial charge in [0, 0.05) is 11.6 Å². The standard InChI is InChI=1S/C13H18BrN3O/c1-3-4-10(8-18-2)17-12-6-5-9(14)7-11(12)16-13(17)15/h5-7,10H,3-4,8H2,1-2H3,(H2,15,16). The summed E-state index contributed by atoms with van der Waals surface area (Å²) in [6.45, 7) is 2.81. The third-order valence-electron chi connectivity index (χ3n) is 3.02. The van der Waals surface area contributed by atoms with Gasteiger partial charge in [-0.25, -0.2) is 4.98 Å². The van der Waals surface area contributed by atoms with Crippen molar-refractivity contribution in [1.82, 2.24) is 9.55 Å². The Kier molecular flexibility index (Phi) is 4.24. The summed E-state index contributed by atoms with van der Waals surface area (Å²) in [7, 11) is 1.72. The molecule has 0 radical (unpaired) electrons. The van der Waals surface area contributed by atoms with Crippen LogP contribution in [-0.2, 0) is 4.74 Å². The van der Waals surface area contributed by atoms with Crippen LogP contribution in [-0.4, -0.2) is 23.3 Å². The zero-order valence-corrected chi connectivity index (χ0v) is 12.3. The number of aromatic nitrogens is 2. The smallest absolute Gasteiger partial charge is 0.201 e. The predicted octanol–water partition coefficient (Wildman–Crippen LogP) is 3.37. The lowest BCUT2D eigenvalue weighted by molar-refractivity contribution is 0.153. The minimum atomic E-state index is 0.242. The molecule has 0 saturated heterocycles. The molecular weight excluding hydrogens is 294 g/mol. The number of nitrogens with two attached hydrogens (primary N) is 1. The van der Waals surface area contributed by atoms with Crippen molar-refractivity contribution in [2.24, 2.45) is 0 Å². The second-order valence-electron chi connectivity index (χ2n) is 4.37. The van der Waals surface area contributed by atoms with Crippen molar-refractivity contribution in [2.45, 2.75) is 25.8 Å². The zero-order valence-electron chi connectivity index (χ0n) is 10.7. The van der Waals surface area contributed by atoms with Gasteiger partial charge in [-0.1, -0.05) is 29.3 Å². The maximum Gasteiger partial charge on any atom is 0.201 e. The van der Waals surface area contributed by atoms with Gasteiger partial charge in [0.2, 0.25) is 5.95 Å². The van der Waals surface area contributed by atoms with Gasteiger partial charge in [-0.3, -0.25) is 0 Å². The maximum atomic E-state index is 6.05. The molecule has 0 spiro atoms. The fraction of sp³-hybridized carbons (Fsp3) is 0.462. The van der Waals surface area contributed by atoms with Crippen LogP contribution < -0.4 is 5.73 Å². The van der Waals surface area contributed by atoms with Crippen molar-refractivity contribution in [3.8, 4) is 0 Å². The molecule has 18 heavy (non-hydrogen) atoms. The highest BCUT2D eigenvalue weighted by Gasteiger charge is 2.17. The summed E-state index contributed by atoms with van der Waals surface area (Å²) in [5, 5.41) is 0. The molecule has 2 aromatic rings. The highest BCUT2D eigenvalue weighted by atomic mass is 79.9. The summed E-state index contributed by atoms with van der Waals surface area (Å²) in [6.07, 6.45) is 2.11. The lowest BCUT2D eigenvalue weighted by Crippen LogP contribution is -2.16. The highest BCUT2D eigenvalue weighted by Crippen LogP contribution is 2.27. The lowest BCUT2D eigenvalue weighted by atomic mass is 10.1. The number of nitrogen functional groups attached to an aromatic ring is 1. The first-order valence-corrected chi connectivity index (χ1v) is 6.88. The molecule has 0 saturated carbocycles. The summed E-state index contributed by atoms with van der Waals surface area (Å²) in [5.74, 6) is 0.554. The van der Waals surface area contributed by atoms with Gasteiger partial charge < -0.3 is 15.0 Å². The maximum absolute atomic E-state index is 6.05. The Morgan fingerprint density at radius 1 is 1.50 bits per heavy atom. The van der Waals surface area contributed by atoms with Crippen LogP contribution in [0, 0.1) is 0 Å². The van der Waals surface area contributed by atoms with E-state index in [1.54, 1.807) is 7.11 Å². The molecule has 0 amide bonds. The number of ether oxygens (including phenoxy) is 1. The van der Waals surface area contributed by atoms with Crippen LogP contribution in [0.5, 0.6) is 0 Å². The Labute approximate surface area is 115 Å². The third-order valence-corrected chi connectivity index (χ3v) is 3.52.